The number of nitrogens with zero attached hydrogens (tertiary/aromatic N) is 4. The van der Waals surface area contributed by atoms with Crippen molar-refractivity contribution < 1.29 is 14.0 Å². The van der Waals surface area contributed by atoms with Gasteiger partial charge in [-0.3, -0.25) is 9.59 Å². The lowest BCUT2D eigenvalue weighted by atomic mass is 10.0. The van der Waals surface area contributed by atoms with Gasteiger partial charge in [0.1, 0.15) is 11.9 Å². The summed E-state index contributed by atoms with van der Waals surface area (Å²) < 4.78 is 14.3. The van der Waals surface area contributed by atoms with Crippen LogP contribution in [-0.4, -0.2) is 53.1 Å². The van der Waals surface area contributed by atoms with Crippen LogP contribution in [0.25, 0.3) is 0 Å². The van der Waals surface area contributed by atoms with E-state index >= 15 is 0 Å². The second-order valence-electron chi connectivity index (χ2n) is 6.68. The van der Waals surface area contributed by atoms with Crippen molar-refractivity contribution in [3.05, 3.63) is 53.5 Å². The van der Waals surface area contributed by atoms with Crippen molar-refractivity contribution in [3.63, 3.8) is 0 Å². The Morgan fingerprint density at radius 2 is 1.85 bits per heavy atom. The summed E-state index contributed by atoms with van der Waals surface area (Å²) in [4.78, 5) is 28.9. The molecule has 7 nitrogen and oxygen atoms in total. The molecule has 0 bridgehead atoms. The van der Waals surface area contributed by atoms with Crippen LogP contribution >= 0.6 is 0 Å². The lowest BCUT2D eigenvalue weighted by Gasteiger charge is -2.35. The van der Waals surface area contributed by atoms with Gasteiger partial charge < -0.3 is 15.1 Å². The smallest absolute Gasteiger partial charge is 0.275 e. The van der Waals surface area contributed by atoms with E-state index in [1.54, 1.807) is 24.3 Å². The van der Waals surface area contributed by atoms with Crippen LogP contribution in [0.3, 0.4) is 0 Å². The standard InChI is InChI=1S/C19H20FN5O2/c20-14-6-2-1-5-13(14)17-18(26)21-9-12-25(17)19(27)15-7-8-16(23-22-15)24-10-3-4-11-24/h1-2,5-8,17H,3-4,9-12H2,(H,21,26). The molecule has 2 aliphatic heterocycles. The van der Waals surface area contributed by atoms with Crippen molar-refractivity contribution >= 4 is 17.6 Å². The molecule has 4 rings (SSSR count). The van der Waals surface area contributed by atoms with Crippen LogP contribution in [0.4, 0.5) is 10.2 Å². The zero-order chi connectivity index (χ0) is 18.8. The first-order valence-electron chi connectivity index (χ1n) is 9.07. The maximum Gasteiger partial charge on any atom is 0.275 e. The van der Waals surface area contributed by atoms with E-state index in [2.05, 4.69) is 20.4 Å². The average molecular weight is 369 g/mol. The highest BCUT2D eigenvalue weighted by Crippen LogP contribution is 2.27. The van der Waals surface area contributed by atoms with Crippen molar-refractivity contribution in [2.45, 2.75) is 18.9 Å². The largest absolute Gasteiger partial charge is 0.355 e. The summed E-state index contributed by atoms with van der Waals surface area (Å²) in [6.07, 6.45) is 2.24. The van der Waals surface area contributed by atoms with E-state index in [0.29, 0.717) is 6.54 Å². The van der Waals surface area contributed by atoms with Gasteiger partial charge in [0.15, 0.2) is 11.5 Å². The topological polar surface area (TPSA) is 78.4 Å². The molecule has 1 aromatic heterocycles. The molecule has 27 heavy (non-hydrogen) atoms. The molecule has 3 heterocycles. The van der Waals surface area contributed by atoms with E-state index in [-0.39, 0.29) is 17.8 Å². The lowest BCUT2D eigenvalue weighted by Crippen LogP contribution is -2.52. The normalized spacial score (nSPS) is 19.9. The summed E-state index contributed by atoms with van der Waals surface area (Å²) in [5.41, 5.74) is 0.318. The number of nitrogens with one attached hydrogen (secondary N) is 1. The molecule has 2 aliphatic rings. The number of halogens is 1. The van der Waals surface area contributed by atoms with Crippen LogP contribution in [-0.2, 0) is 4.79 Å². The number of carbonyl (C=O) groups is 2. The number of benzene rings is 1. The fourth-order valence-corrected chi connectivity index (χ4v) is 3.59. The van der Waals surface area contributed by atoms with Gasteiger partial charge in [-0.1, -0.05) is 18.2 Å². The molecule has 1 atom stereocenters. The first-order chi connectivity index (χ1) is 13.1. The van der Waals surface area contributed by atoms with E-state index in [1.807, 2.05) is 0 Å². The molecule has 2 aromatic rings. The Balaban J connectivity index is 1.60. The minimum absolute atomic E-state index is 0.147. The molecule has 2 fully saturated rings. The summed E-state index contributed by atoms with van der Waals surface area (Å²) in [5.74, 6) is -0.612. The molecule has 0 saturated carbocycles. The Labute approximate surface area is 156 Å². The van der Waals surface area contributed by atoms with Crippen molar-refractivity contribution in [1.82, 2.24) is 20.4 Å². The minimum Gasteiger partial charge on any atom is -0.355 e. The number of rotatable bonds is 3. The van der Waals surface area contributed by atoms with Crippen molar-refractivity contribution in [1.29, 1.82) is 0 Å². The number of hydrogen-bond donors (Lipinski definition) is 1. The van der Waals surface area contributed by atoms with Crippen LogP contribution in [0.15, 0.2) is 36.4 Å². The van der Waals surface area contributed by atoms with Crippen molar-refractivity contribution in [2.75, 3.05) is 31.1 Å². The number of anilines is 1. The van der Waals surface area contributed by atoms with E-state index in [9.17, 15) is 14.0 Å². The molecule has 2 amide bonds. The highest BCUT2D eigenvalue weighted by atomic mass is 19.1. The first kappa shape index (κ1) is 17.4. The summed E-state index contributed by atoms with van der Waals surface area (Å²) >= 11 is 0. The van der Waals surface area contributed by atoms with Gasteiger partial charge in [-0.25, -0.2) is 4.39 Å². The maximum absolute atomic E-state index is 14.3. The van der Waals surface area contributed by atoms with Gasteiger partial charge in [0, 0.05) is 31.7 Å². The molecule has 1 aromatic carbocycles. The zero-order valence-corrected chi connectivity index (χ0v) is 14.8. The van der Waals surface area contributed by atoms with Gasteiger partial charge in [0.2, 0.25) is 5.91 Å². The monoisotopic (exact) mass is 369 g/mol. The highest BCUT2D eigenvalue weighted by Gasteiger charge is 2.37. The lowest BCUT2D eigenvalue weighted by molar-refractivity contribution is -0.128. The molecule has 2 saturated heterocycles. The number of aromatic nitrogens is 2. The highest BCUT2D eigenvalue weighted by molar-refractivity contribution is 5.97. The zero-order valence-electron chi connectivity index (χ0n) is 14.8. The predicted octanol–water partition coefficient (Wildman–Crippen LogP) is 1.53. The Kier molecular flexibility index (Phi) is 4.70. The molecular formula is C19H20FN5O2. The number of carbonyl (C=O) groups excluding carboxylic acids is 2. The maximum atomic E-state index is 14.3. The molecule has 140 valence electrons. The van der Waals surface area contributed by atoms with Gasteiger partial charge in [0.05, 0.1) is 0 Å². The SMILES string of the molecule is O=C1NCCN(C(=O)c2ccc(N3CCCC3)nn2)C1c1ccccc1F. The second-order valence-corrected chi connectivity index (χ2v) is 6.68. The van der Waals surface area contributed by atoms with Crippen LogP contribution in [0.2, 0.25) is 0 Å². The van der Waals surface area contributed by atoms with Gasteiger partial charge in [0.25, 0.3) is 5.91 Å². The summed E-state index contributed by atoms with van der Waals surface area (Å²) in [7, 11) is 0. The Morgan fingerprint density at radius 3 is 2.56 bits per heavy atom. The minimum atomic E-state index is -1.02. The molecule has 1 unspecified atom stereocenters. The molecule has 1 N–H and O–H groups in total. The van der Waals surface area contributed by atoms with Gasteiger partial charge in [-0.15, -0.1) is 10.2 Å². The van der Waals surface area contributed by atoms with Gasteiger partial charge >= 0.3 is 0 Å². The van der Waals surface area contributed by atoms with E-state index in [0.717, 1.165) is 31.7 Å². The third-order valence-corrected chi connectivity index (χ3v) is 4.97. The summed E-state index contributed by atoms with van der Waals surface area (Å²) in [6.45, 7) is 2.46. The molecule has 0 spiro atoms. The Bertz CT molecular complexity index is 851. The van der Waals surface area contributed by atoms with Crippen molar-refractivity contribution in [3.8, 4) is 0 Å². The van der Waals surface area contributed by atoms with Crippen molar-refractivity contribution in [2.24, 2.45) is 0 Å². The Hall–Kier alpha value is -3.03. The van der Waals surface area contributed by atoms with Gasteiger partial charge in [-0.05, 0) is 31.0 Å². The van der Waals surface area contributed by atoms with E-state index in [1.165, 1.54) is 17.0 Å². The van der Waals surface area contributed by atoms with E-state index in [4.69, 9.17) is 0 Å². The van der Waals surface area contributed by atoms with Crippen LogP contribution < -0.4 is 10.2 Å². The fraction of sp³-hybridized carbons (Fsp3) is 0.368. The third-order valence-electron chi connectivity index (χ3n) is 4.97. The third kappa shape index (κ3) is 3.34. The average Bonchev–Trinajstić information content (AvgIpc) is 3.23. The van der Waals surface area contributed by atoms with Crippen LogP contribution in [0.1, 0.15) is 34.9 Å². The number of piperazine rings is 1. The summed E-state index contributed by atoms with van der Waals surface area (Å²) in [5, 5.41) is 10.9. The molecule has 8 heteroatoms. The molecule has 0 radical (unpaired) electrons. The summed E-state index contributed by atoms with van der Waals surface area (Å²) in [6, 6.07) is 8.37. The van der Waals surface area contributed by atoms with E-state index < -0.39 is 23.7 Å². The quantitative estimate of drug-likeness (QED) is 0.888. The molecular weight excluding hydrogens is 349 g/mol. The first-order valence-corrected chi connectivity index (χ1v) is 9.07. The van der Waals surface area contributed by atoms with Crippen LogP contribution in [0, 0.1) is 5.82 Å². The van der Waals surface area contributed by atoms with Gasteiger partial charge in [-0.2, -0.15) is 0 Å². The molecule has 0 aliphatic carbocycles. The number of amides is 2. The fourth-order valence-electron chi connectivity index (χ4n) is 3.59. The number of hydrogen-bond acceptors (Lipinski definition) is 5. The van der Waals surface area contributed by atoms with Crippen LogP contribution in [0.5, 0.6) is 0 Å². The predicted molar refractivity (Wildman–Crippen MR) is 96.7 cm³/mol. The Morgan fingerprint density at radius 1 is 1.07 bits per heavy atom. The second kappa shape index (κ2) is 7.30.